The highest BCUT2D eigenvalue weighted by Gasteiger charge is 2.39. The van der Waals surface area contributed by atoms with Gasteiger partial charge in [0.15, 0.2) is 0 Å². The molecule has 8 nitrogen and oxygen atoms in total. The first kappa shape index (κ1) is 17.1. The second-order valence-electron chi connectivity index (χ2n) is 6.26. The molecule has 0 saturated carbocycles. The monoisotopic (exact) mass is 346 g/mol. The van der Waals surface area contributed by atoms with E-state index in [1.807, 2.05) is 0 Å². The lowest BCUT2D eigenvalue weighted by Gasteiger charge is -2.27. The molecule has 0 aromatic heterocycles. The summed E-state index contributed by atoms with van der Waals surface area (Å²) in [5.41, 5.74) is -0.260. The Bertz CT molecular complexity index is 703. The highest BCUT2D eigenvalue weighted by Crippen LogP contribution is 2.24. The van der Waals surface area contributed by atoms with Gasteiger partial charge in [0.2, 0.25) is 5.91 Å². The average molecular weight is 346 g/mol. The number of ether oxygens (including phenoxy) is 1. The second-order valence-corrected chi connectivity index (χ2v) is 6.26. The lowest BCUT2D eigenvalue weighted by molar-refractivity contribution is -0.139. The van der Waals surface area contributed by atoms with Crippen LogP contribution >= 0.6 is 0 Å². The van der Waals surface area contributed by atoms with Crippen LogP contribution in [0.15, 0.2) is 24.3 Å². The fraction of sp³-hybridized carbons (Fsp3) is 0.412. The first-order valence-corrected chi connectivity index (χ1v) is 7.98. The molecule has 1 aromatic rings. The van der Waals surface area contributed by atoms with Gasteiger partial charge < -0.3 is 15.2 Å². The van der Waals surface area contributed by atoms with Crippen molar-refractivity contribution in [3.8, 4) is 0 Å². The number of nitrogens with one attached hydrogen (secondary N) is 1. The van der Waals surface area contributed by atoms with Gasteiger partial charge in [-0.3, -0.25) is 24.1 Å². The molecule has 25 heavy (non-hydrogen) atoms. The Kier molecular flexibility index (Phi) is 4.54. The molecule has 8 heteroatoms. The molecule has 0 aliphatic carbocycles. The molecule has 1 atom stereocenters. The van der Waals surface area contributed by atoms with Crippen molar-refractivity contribution in [3.05, 3.63) is 35.4 Å². The molecule has 1 unspecified atom stereocenters. The zero-order valence-electron chi connectivity index (χ0n) is 13.5. The normalized spacial score (nSPS) is 22.2. The quantitative estimate of drug-likeness (QED) is 0.722. The van der Waals surface area contributed by atoms with E-state index < -0.39 is 29.2 Å². The van der Waals surface area contributed by atoms with Gasteiger partial charge in [-0.15, -0.1) is 0 Å². The molecular weight excluding hydrogens is 328 g/mol. The van der Waals surface area contributed by atoms with Crippen molar-refractivity contribution < 1.29 is 29.0 Å². The lowest BCUT2D eigenvalue weighted by Crippen LogP contribution is -2.51. The summed E-state index contributed by atoms with van der Waals surface area (Å²) in [6.07, 6.45) is 0.0939. The predicted octanol–water partition coefficient (Wildman–Crippen LogP) is 0.423. The van der Waals surface area contributed by atoms with E-state index in [-0.39, 0.29) is 26.0 Å². The summed E-state index contributed by atoms with van der Waals surface area (Å²) in [6, 6.07) is 6.51. The third-order valence-corrected chi connectivity index (χ3v) is 4.44. The number of rotatable bonds is 6. The van der Waals surface area contributed by atoms with Gasteiger partial charge in [-0.05, 0) is 18.6 Å². The molecule has 1 saturated heterocycles. The van der Waals surface area contributed by atoms with E-state index in [1.54, 1.807) is 24.3 Å². The van der Waals surface area contributed by atoms with Crippen molar-refractivity contribution in [3.63, 3.8) is 0 Å². The van der Waals surface area contributed by atoms with Crippen molar-refractivity contribution in [2.75, 3.05) is 19.8 Å². The Morgan fingerprint density at radius 3 is 2.36 bits per heavy atom. The summed E-state index contributed by atoms with van der Waals surface area (Å²) in [5, 5.41) is 11.7. The van der Waals surface area contributed by atoms with Crippen molar-refractivity contribution >= 4 is 23.7 Å². The maximum atomic E-state index is 12.2. The number of benzene rings is 1. The molecule has 1 fully saturated rings. The van der Waals surface area contributed by atoms with Crippen LogP contribution in [0.25, 0.3) is 0 Å². The minimum atomic E-state index is -1.02. The van der Waals surface area contributed by atoms with Crippen molar-refractivity contribution in [2.24, 2.45) is 0 Å². The highest BCUT2D eigenvalue weighted by molar-refractivity contribution is 6.21. The second kappa shape index (κ2) is 6.64. The SMILES string of the molecule is O=C(O)CC1(NC(=O)CCN2C(=O)c3ccccc3C2=O)CCOC1. The Balaban J connectivity index is 1.60. The van der Waals surface area contributed by atoms with E-state index in [0.717, 1.165) is 4.90 Å². The molecule has 2 aliphatic heterocycles. The Morgan fingerprint density at radius 2 is 1.84 bits per heavy atom. The largest absolute Gasteiger partial charge is 0.481 e. The van der Waals surface area contributed by atoms with E-state index >= 15 is 0 Å². The van der Waals surface area contributed by atoms with E-state index in [1.165, 1.54) is 0 Å². The maximum absolute atomic E-state index is 12.2. The minimum absolute atomic E-state index is 0.0534. The maximum Gasteiger partial charge on any atom is 0.305 e. The third-order valence-electron chi connectivity index (χ3n) is 4.44. The number of imide groups is 1. The zero-order valence-corrected chi connectivity index (χ0v) is 13.5. The number of carboxylic acid groups (broad SMARTS) is 1. The molecule has 2 aliphatic rings. The molecule has 2 N–H and O–H groups in total. The van der Waals surface area contributed by atoms with Crippen molar-refractivity contribution in [1.82, 2.24) is 10.2 Å². The van der Waals surface area contributed by atoms with Gasteiger partial charge in [0.25, 0.3) is 11.8 Å². The van der Waals surface area contributed by atoms with Crippen LogP contribution in [0.4, 0.5) is 0 Å². The minimum Gasteiger partial charge on any atom is -0.481 e. The van der Waals surface area contributed by atoms with E-state index in [9.17, 15) is 19.2 Å². The standard InChI is InChI=1S/C17H18N2O6/c20-13(18-17(9-14(21)22)6-8-25-10-17)5-7-19-15(23)11-3-1-2-4-12(11)16(19)24/h1-4H,5-10H2,(H,18,20)(H,21,22). The summed E-state index contributed by atoms with van der Waals surface area (Å²) in [4.78, 5) is 48.8. The lowest BCUT2D eigenvalue weighted by atomic mass is 9.94. The molecule has 3 rings (SSSR count). The van der Waals surface area contributed by atoms with Gasteiger partial charge in [-0.2, -0.15) is 0 Å². The molecule has 2 heterocycles. The summed E-state index contributed by atoms with van der Waals surface area (Å²) in [7, 11) is 0. The fourth-order valence-corrected chi connectivity index (χ4v) is 3.19. The zero-order chi connectivity index (χ0) is 18.0. The number of aliphatic carboxylic acids is 1. The van der Waals surface area contributed by atoms with Crippen LogP contribution in [0.3, 0.4) is 0 Å². The van der Waals surface area contributed by atoms with Gasteiger partial charge >= 0.3 is 5.97 Å². The summed E-state index contributed by atoms with van der Waals surface area (Å²) in [6.45, 7) is 0.464. The molecule has 0 spiro atoms. The van der Waals surface area contributed by atoms with Crippen LogP contribution in [0, 0.1) is 0 Å². The topological polar surface area (TPSA) is 113 Å². The highest BCUT2D eigenvalue weighted by atomic mass is 16.5. The van der Waals surface area contributed by atoms with Crippen LogP contribution in [0.5, 0.6) is 0 Å². The van der Waals surface area contributed by atoms with Crippen molar-refractivity contribution in [2.45, 2.75) is 24.8 Å². The number of carbonyl (C=O) groups excluding carboxylic acids is 3. The van der Waals surface area contributed by atoms with Crippen LogP contribution in [0.1, 0.15) is 40.0 Å². The first-order valence-electron chi connectivity index (χ1n) is 7.98. The van der Waals surface area contributed by atoms with E-state index in [4.69, 9.17) is 9.84 Å². The Morgan fingerprint density at radius 1 is 1.20 bits per heavy atom. The first-order chi connectivity index (χ1) is 11.9. The third kappa shape index (κ3) is 3.39. The van der Waals surface area contributed by atoms with Crippen molar-refractivity contribution in [1.29, 1.82) is 0 Å². The molecule has 3 amide bonds. The van der Waals surface area contributed by atoms with Crippen LogP contribution < -0.4 is 5.32 Å². The number of amides is 3. The van der Waals surface area contributed by atoms with E-state index in [2.05, 4.69) is 5.32 Å². The number of nitrogens with zero attached hydrogens (tertiary/aromatic N) is 1. The Labute approximate surface area is 143 Å². The summed E-state index contributed by atoms with van der Waals surface area (Å²) < 4.78 is 5.22. The molecule has 1 aromatic carbocycles. The molecular formula is C17H18N2O6. The van der Waals surface area contributed by atoms with Gasteiger partial charge in [-0.25, -0.2) is 0 Å². The fourth-order valence-electron chi connectivity index (χ4n) is 3.19. The van der Waals surface area contributed by atoms with Gasteiger partial charge in [-0.1, -0.05) is 12.1 Å². The summed E-state index contributed by atoms with van der Waals surface area (Å²) in [5.74, 6) is -2.27. The number of carbonyl (C=O) groups is 4. The number of hydrogen-bond acceptors (Lipinski definition) is 5. The molecule has 0 bridgehead atoms. The summed E-state index contributed by atoms with van der Waals surface area (Å²) >= 11 is 0. The van der Waals surface area contributed by atoms with Gasteiger partial charge in [0.1, 0.15) is 0 Å². The van der Waals surface area contributed by atoms with Gasteiger partial charge in [0, 0.05) is 19.6 Å². The average Bonchev–Trinajstić information content (AvgIpc) is 3.10. The van der Waals surface area contributed by atoms with Crippen LogP contribution in [-0.2, 0) is 14.3 Å². The molecule has 0 radical (unpaired) electrons. The Hall–Kier alpha value is -2.74. The molecule has 132 valence electrons. The number of fused-ring (bicyclic) bond motifs is 1. The van der Waals surface area contributed by atoms with Crippen LogP contribution in [0.2, 0.25) is 0 Å². The van der Waals surface area contributed by atoms with Gasteiger partial charge in [0.05, 0.1) is 29.7 Å². The van der Waals surface area contributed by atoms with E-state index in [0.29, 0.717) is 24.2 Å². The van der Waals surface area contributed by atoms with Crippen LogP contribution in [-0.4, -0.2) is 59.0 Å². The number of hydrogen-bond donors (Lipinski definition) is 2. The smallest absolute Gasteiger partial charge is 0.305 e. The number of carboxylic acids is 1. The predicted molar refractivity (Wildman–Crippen MR) is 85.0 cm³/mol.